The molecule has 6 nitrogen and oxygen atoms in total. The van der Waals surface area contributed by atoms with Crippen LogP contribution in [-0.2, 0) is 14.3 Å². The van der Waals surface area contributed by atoms with E-state index in [1.54, 1.807) is 0 Å². The highest BCUT2D eigenvalue weighted by Crippen LogP contribution is 2.20. The van der Waals surface area contributed by atoms with Crippen LogP contribution in [0.5, 0.6) is 0 Å². The van der Waals surface area contributed by atoms with E-state index in [-0.39, 0.29) is 37.2 Å². The molecule has 0 aliphatic carbocycles. The van der Waals surface area contributed by atoms with Crippen molar-refractivity contribution in [1.82, 2.24) is 5.32 Å². The molecule has 24 heavy (non-hydrogen) atoms. The van der Waals surface area contributed by atoms with E-state index in [1.165, 1.54) is 0 Å². The van der Waals surface area contributed by atoms with Crippen LogP contribution < -0.4 is 16.4 Å². The van der Waals surface area contributed by atoms with E-state index in [0.717, 1.165) is 15.7 Å². The Balaban J connectivity index is 0.00000288. The quantitative estimate of drug-likeness (QED) is 0.680. The zero-order chi connectivity index (χ0) is 16.9. The number of carbonyl (C=O) groups is 2. The summed E-state index contributed by atoms with van der Waals surface area (Å²) in [5.41, 5.74) is 6.94. The maximum atomic E-state index is 12.1. The van der Waals surface area contributed by atoms with Crippen LogP contribution in [0.1, 0.15) is 24.8 Å². The van der Waals surface area contributed by atoms with Crippen LogP contribution in [0.2, 0.25) is 0 Å². The van der Waals surface area contributed by atoms with Crippen molar-refractivity contribution in [2.75, 3.05) is 25.1 Å². The average molecular weight is 421 g/mol. The number of amides is 2. The topological polar surface area (TPSA) is 93.5 Å². The Labute approximate surface area is 156 Å². The molecular weight excluding hydrogens is 398 g/mol. The monoisotopic (exact) mass is 419 g/mol. The Bertz CT molecular complexity index is 592. The van der Waals surface area contributed by atoms with Crippen molar-refractivity contribution >= 4 is 45.8 Å². The zero-order valence-electron chi connectivity index (χ0n) is 13.6. The van der Waals surface area contributed by atoms with E-state index >= 15 is 0 Å². The number of nitrogens with two attached hydrogens (primary N) is 1. The first-order chi connectivity index (χ1) is 10.9. The van der Waals surface area contributed by atoms with E-state index in [1.807, 2.05) is 25.1 Å². The predicted octanol–water partition coefficient (Wildman–Crippen LogP) is 2.13. The SMILES string of the molecule is Cc1cc(Br)ccc1NC(=O)CCNC(=O)C1(N)CCOCC1.Cl. The summed E-state index contributed by atoms with van der Waals surface area (Å²) in [6.45, 7) is 3.17. The number of halogens is 2. The lowest BCUT2D eigenvalue weighted by Crippen LogP contribution is -2.57. The van der Waals surface area contributed by atoms with E-state index in [9.17, 15) is 9.59 Å². The fraction of sp³-hybridized carbons (Fsp3) is 0.500. The first kappa shape index (κ1) is 20.9. The van der Waals surface area contributed by atoms with Crippen molar-refractivity contribution in [3.63, 3.8) is 0 Å². The van der Waals surface area contributed by atoms with E-state index in [4.69, 9.17) is 10.5 Å². The summed E-state index contributed by atoms with van der Waals surface area (Å²) in [5, 5.41) is 5.58. The van der Waals surface area contributed by atoms with E-state index in [0.29, 0.717) is 26.1 Å². The second kappa shape index (κ2) is 9.36. The fourth-order valence-corrected chi connectivity index (χ4v) is 2.88. The third-order valence-corrected chi connectivity index (χ3v) is 4.43. The van der Waals surface area contributed by atoms with Crippen molar-refractivity contribution in [3.8, 4) is 0 Å². The first-order valence-corrected chi connectivity index (χ1v) is 8.41. The van der Waals surface area contributed by atoms with Gasteiger partial charge in [-0.25, -0.2) is 0 Å². The minimum atomic E-state index is -0.878. The molecule has 1 saturated heterocycles. The molecular formula is C16H23BrClN3O3. The van der Waals surface area contributed by atoms with Gasteiger partial charge in [0.1, 0.15) is 0 Å². The number of nitrogens with one attached hydrogen (secondary N) is 2. The highest BCUT2D eigenvalue weighted by molar-refractivity contribution is 9.10. The molecule has 8 heteroatoms. The summed E-state index contributed by atoms with van der Waals surface area (Å²) in [4.78, 5) is 24.1. The number of hydrogen-bond acceptors (Lipinski definition) is 4. The largest absolute Gasteiger partial charge is 0.381 e. The molecule has 1 fully saturated rings. The molecule has 0 bridgehead atoms. The lowest BCUT2D eigenvalue weighted by Gasteiger charge is -2.31. The molecule has 1 aliphatic heterocycles. The summed E-state index contributed by atoms with van der Waals surface area (Å²) in [6.07, 6.45) is 1.21. The number of ether oxygens (including phenoxy) is 1. The van der Waals surface area contributed by atoms with Crippen LogP contribution in [0.3, 0.4) is 0 Å². The van der Waals surface area contributed by atoms with Gasteiger partial charge in [0.25, 0.3) is 0 Å². The number of hydrogen-bond donors (Lipinski definition) is 3. The van der Waals surface area contributed by atoms with Crippen LogP contribution >= 0.6 is 28.3 Å². The second-order valence-corrected chi connectivity index (χ2v) is 6.70. The first-order valence-electron chi connectivity index (χ1n) is 7.62. The van der Waals surface area contributed by atoms with Crippen molar-refractivity contribution in [2.45, 2.75) is 31.7 Å². The lowest BCUT2D eigenvalue weighted by molar-refractivity contribution is -0.129. The minimum absolute atomic E-state index is 0. The Kier molecular flexibility index (Phi) is 8.15. The zero-order valence-corrected chi connectivity index (χ0v) is 16.0. The van der Waals surface area contributed by atoms with Crippen LogP contribution in [0.15, 0.2) is 22.7 Å². The van der Waals surface area contributed by atoms with Crippen molar-refractivity contribution in [2.24, 2.45) is 5.73 Å². The molecule has 2 amide bonds. The van der Waals surface area contributed by atoms with Gasteiger partial charge in [-0.1, -0.05) is 15.9 Å². The third kappa shape index (κ3) is 5.73. The van der Waals surface area contributed by atoms with Gasteiger partial charge in [0, 0.05) is 36.3 Å². The van der Waals surface area contributed by atoms with Gasteiger partial charge in [-0.15, -0.1) is 12.4 Å². The smallest absolute Gasteiger partial charge is 0.240 e. The Morgan fingerprint density at radius 2 is 2.00 bits per heavy atom. The van der Waals surface area contributed by atoms with Gasteiger partial charge in [-0.05, 0) is 43.5 Å². The van der Waals surface area contributed by atoms with Gasteiger partial charge in [0.15, 0.2) is 0 Å². The van der Waals surface area contributed by atoms with Crippen molar-refractivity contribution in [1.29, 1.82) is 0 Å². The molecule has 134 valence electrons. The van der Waals surface area contributed by atoms with Gasteiger partial charge in [0.2, 0.25) is 11.8 Å². The average Bonchev–Trinajstić information content (AvgIpc) is 2.51. The number of anilines is 1. The summed E-state index contributed by atoms with van der Waals surface area (Å²) >= 11 is 3.38. The summed E-state index contributed by atoms with van der Waals surface area (Å²) in [7, 11) is 0. The van der Waals surface area contributed by atoms with E-state index < -0.39 is 5.54 Å². The molecule has 4 N–H and O–H groups in total. The molecule has 1 aromatic carbocycles. The third-order valence-electron chi connectivity index (χ3n) is 3.94. The van der Waals surface area contributed by atoms with Crippen LogP contribution in [0, 0.1) is 6.92 Å². The van der Waals surface area contributed by atoms with Gasteiger partial charge in [-0.3, -0.25) is 9.59 Å². The van der Waals surface area contributed by atoms with Crippen LogP contribution in [0.25, 0.3) is 0 Å². The molecule has 2 rings (SSSR count). The predicted molar refractivity (Wildman–Crippen MR) is 99.4 cm³/mol. The molecule has 0 unspecified atom stereocenters. The Morgan fingerprint density at radius 3 is 2.62 bits per heavy atom. The molecule has 1 aliphatic rings. The fourth-order valence-electron chi connectivity index (χ4n) is 2.41. The summed E-state index contributed by atoms with van der Waals surface area (Å²) in [6, 6.07) is 5.64. The lowest BCUT2D eigenvalue weighted by atomic mass is 9.90. The molecule has 0 radical (unpaired) electrons. The molecule has 0 aromatic heterocycles. The molecule has 0 saturated carbocycles. The molecule has 0 atom stereocenters. The van der Waals surface area contributed by atoms with Gasteiger partial charge in [-0.2, -0.15) is 0 Å². The standard InChI is InChI=1S/C16H22BrN3O3.ClH/c1-11-10-12(17)2-3-13(11)20-14(21)4-7-19-15(22)16(18)5-8-23-9-6-16;/h2-3,10H,4-9,18H2,1H3,(H,19,22)(H,20,21);1H. The highest BCUT2D eigenvalue weighted by atomic mass is 79.9. The number of aryl methyl sites for hydroxylation is 1. The van der Waals surface area contributed by atoms with E-state index in [2.05, 4.69) is 26.6 Å². The number of benzene rings is 1. The van der Waals surface area contributed by atoms with Gasteiger partial charge in [0.05, 0.1) is 5.54 Å². The van der Waals surface area contributed by atoms with Crippen molar-refractivity contribution in [3.05, 3.63) is 28.2 Å². The molecule has 1 aromatic rings. The van der Waals surface area contributed by atoms with Crippen LogP contribution in [-0.4, -0.2) is 37.1 Å². The number of rotatable bonds is 5. The Hall–Kier alpha value is -1.15. The maximum Gasteiger partial charge on any atom is 0.240 e. The van der Waals surface area contributed by atoms with Gasteiger partial charge >= 0.3 is 0 Å². The Morgan fingerprint density at radius 1 is 1.33 bits per heavy atom. The van der Waals surface area contributed by atoms with Crippen LogP contribution in [0.4, 0.5) is 5.69 Å². The highest BCUT2D eigenvalue weighted by Gasteiger charge is 2.35. The maximum absolute atomic E-state index is 12.1. The van der Waals surface area contributed by atoms with Gasteiger partial charge < -0.3 is 21.1 Å². The second-order valence-electron chi connectivity index (χ2n) is 5.78. The summed E-state index contributed by atoms with van der Waals surface area (Å²) in [5.74, 6) is -0.359. The molecule has 0 spiro atoms. The van der Waals surface area contributed by atoms with Crippen molar-refractivity contribution < 1.29 is 14.3 Å². The number of carbonyl (C=O) groups excluding carboxylic acids is 2. The summed E-state index contributed by atoms with van der Waals surface area (Å²) < 4.78 is 6.18. The minimum Gasteiger partial charge on any atom is -0.381 e. The normalized spacial score (nSPS) is 16.0. The molecule has 1 heterocycles.